The monoisotopic (exact) mass is 239 g/mol. The third-order valence-electron chi connectivity index (χ3n) is 2.56. The SMILES string of the molecule is CCc1ccc(Oc2ccc(N)c(C#N)n2)cc1. The molecule has 0 amide bonds. The number of hydrogen-bond acceptors (Lipinski definition) is 4. The smallest absolute Gasteiger partial charge is 0.220 e. The minimum absolute atomic E-state index is 0.178. The molecule has 0 bridgehead atoms. The Bertz CT molecular complexity index is 585. The number of nitrogens with zero attached hydrogens (tertiary/aromatic N) is 2. The zero-order valence-electron chi connectivity index (χ0n) is 10.1. The predicted octanol–water partition coefficient (Wildman–Crippen LogP) is 2.89. The molecule has 90 valence electrons. The van der Waals surface area contributed by atoms with E-state index in [0.29, 0.717) is 17.3 Å². The standard InChI is InChI=1S/C14H13N3O/c1-2-10-3-5-11(6-4-10)18-14-8-7-12(16)13(9-15)17-14/h3-8H,2,16H2,1H3. The van der Waals surface area contributed by atoms with Crippen molar-refractivity contribution in [3.8, 4) is 17.7 Å². The van der Waals surface area contributed by atoms with Gasteiger partial charge in [0, 0.05) is 6.07 Å². The average Bonchev–Trinajstić information content (AvgIpc) is 2.42. The Morgan fingerprint density at radius 3 is 2.56 bits per heavy atom. The van der Waals surface area contributed by atoms with Gasteiger partial charge >= 0.3 is 0 Å². The van der Waals surface area contributed by atoms with Crippen molar-refractivity contribution in [2.75, 3.05) is 5.73 Å². The lowest BCUT2D eigenvalue weighted by Gasteiger charge is -2.06. The molecule has 1 aromatic heterocycles. The molecule has 0 unspecified atom stereocenters. The highest BCUT2D eigenvalue weighted by atomic mass is 16.5. The summed E-state index contributed by atoms with van der Waals surface area (Å²) in [4.78, 5) is 4.02. The highest BCUT2D eigenvalue weighted by Gasteiger charge is 2.04. The lowest BCUT2D eigenvalue weighted by molar-refractivity contribution is 0.462. The Kier molecular flexibility index (Phi) is 3.44. The first-order valence-corrected chi connectivity index (χ1v) is 5.66. The third kappa shape index (κ3) is 2.58. The van der Waals surface area contributed by atoms with Crippen LogP contribution in [0.1, 0.15) is 18.2 Å². The van der Waals surface area contributed by atoms with Crippen LogP contribution >= 0.6 is 0 Å². The van der Waals surface area contributed by atoms with Gasteiger partial charge in [0.05, 0.1) is 5.69 Å². The number of ether oxygens (including phenoxy) is 1. The molecule has 0 aliphatic rings. The molecule has 0 aliphatic carbocycles. The van der Waals surface area contributed by atoms with Crippen LogP contribution in [0.4, 0.5) is 5.69 Å². The maximum atomic E-state index is 8.83. The van der Waals surface area contributed by atoms with E-state index >= 15 is 0 Å². The number of pyridine rings is 1. The molecule has 2 rings (SSSR count). The summed E-state index contributed by atoms with van der Waals surface area (Å²) in [5, 5.41) is 8.83. The first kappa shape index (κ1) is 11.9. The van der Waals surface area contributed by atoms with Crippen LogP contribution in [0.3, 0.4) is 0 Å². The van der Waals surface area contributed by atoms with E-state index in [-0.39, 0.29) is 5.69 Å². The number of hydrogen-bond donors (Lipinski definition) is 1. The van der Waals surface area contributed by atoms with Crippen LogP contribution in [-0.4, -0.2) is 4.98 Å². The maximum Gasteiger partial charge on any atom is 0.220 e. The van der Waals surface area contributed by atoms with Gasteiger partial charge in [-0.25, -0.2) is 4.98 Å². The van der Waals surface area contributed by atoms with Crippen LogP contribution in [-0.2, 0) is 6.42 Å². The zero-order valence-corrected chi connectivity index (χ0v) is 10.1. The summed E-state index contributed by atoms with van der Waals surface area (Å²) in [6.07, 6.45) is 0.985. The summed E-state index contributed by atoms with van der Waals surface area (Å²) in [6, 6.07) is 12.9. The fourth-order valence-corrected chi connectivity index (χ4v) is 1.51. The summed E-state index contributed by atoms with van der Waals surface area (Å²) < 4.78 is 5.56. The largest absolute Gasteiger partial charge is 0.439 e. The first-order valence-electron chi connectivity index (χ1n) is 5.66. The number of benzene rings is 1. The fourth-order valence-electron chi connectivity index (χ4n) is 1.51. The molecule has 0 saturated heterocycles. The molecule has 1 heterocycles. The van der Waals surface area contributed by atoms with E-state index in [4.69, 9.17) is 15.7 Å². The van der Waals surface area contributed by atoms with Gasteiger partial charge in [-0.15, -0.1) is 0 Å². The van der Waals surface area contributed by atoms with E-state index in [2.05, 4.69) is 11.9 Å². The summed E-state index contributed by atoms with van der Waals surface area (Å²) in [5.41, 5.74) is 7.36. The van der Waals surface area contributed by atoms with Crippen molar-refractivity contribution >= 4 is 5.69 Å². The third-order valence-corrected chi connectivity index (χ3v) is 2.56. The Balaban J connectivity index is 2.20. The van der Waals surface area contributed by atoms with E-state index in [1.807, 2.05) is 30.3 Å². The second-order valence-electron chi connectivity index (χ2n) is 3.80. The number of nitrogens with two attached hydrogens (primary N) is 1. The van der Waals surface area contributed by atoms with Crippen LogP contribution in [0.15, 0.2) is 36.4 Å². The van der Waals surface area contributed by atoms with E-state index in [0.717, 1.165) is 6.42 Å². The van der Waals surface area contributed by atoms with Crippen molar-refractivity contribution in [1.82, 2.24) is 4.98 Å². The Morgan fingerprint density at radius 2 is 1.94 bits per heavy atom. The van der Waals surface area contributed by atoms with E-state index in [1.54, 1.807) is 12.1 Å². The van der Waals surface area contributed by atoms with Gasteiger partial charge in [0.25, 0.3) is 0 Å². The second kappa shape index (κ2) is 5.19. The van der Waals surface area contributed by atoms with Crippen molar-refractivity contribution in [2.24, 2.45) is 0 Å². The molecule has 2 aromatic rings. The molecule has 1 aromatic carbocycles. The number of anilines is 1. The van der Waals surface area contributed by atoms with E-state index in [9.17, 15) is 0 Å². The minimum Gasteiger partial charge on any atom is -0.439 e. The quantitative estimate of drug-likeness (QED) is 0.893. The minimum atomic E-state index is 0.178. The lowest BCUT2D eigenvalue weighted by Crippen LogP contribution is -1.96. The molecular formula is C14H13N3O. The van der Waals surface area contributed by atoms with Crippen LogP contribution < -0.4 is 10.5 Å². The fraction of sp³-hybridized carbons (Fsp3) is 0.143. The molecule has 4 nitrogen and oxygen atoms in total. The van der Waals surface area contributed by atoms with Gasteiger partial charge in [-0.2, -0.15) is 5.26 Å². The molecule has 0 saturated carbocycles. The summed E-state index contributed by atoms with van der Waals surface area (Å²) in [7, 11) is 0. The van der Waals surface area contributed by atoms with Crippen LogP contribution in [0.2, 0.25) is 0 Å². The maximum absolute atomic E-state index is 8.83. The van der Waals surface area contributed by atoms with Crippen molar-refractivity contribution in [1.29, 1.82) is 5.26 Å². The lowest BCUT2D eigenvalue weighted by atomic mass is 10.2. The van der Waals surface area contributed by atoms with Crippen molar-refractivity contribution in [3.63, 3.8) is 0 Å². The van der Waals surface area contributed by atoms with Gasteiger partial charge in [0.15, 0.2) is 5.69 Å². The molecule has 2 N–H and O–H groups in total. The molecule has 0 atom stereocenters. The van der Waals surface area contributed by atoms with Crippen molar-refractivity contribution in [3.05, 3.63) is 47.7 Å². The summed E-state index contributed by atoms with van der Waals surface area (Å²) in [5.74, 6) is 1.05. The molecule has 0 fully saturated rings. The number of rotatable bonds is 3. The first-order chi connectivity index (χ1) is 8.72. The highest BCUT2D eigenvalue weighted by molar-refractivity contribution is 5.51. The Hall–Kier alpha value is -2.54. The van der Waals surface area contributed by atoms with Crippen LogP contribution in [0, 0.1) is 11.3 Å². The van der Waals surface area contributed by atoms with Gasteiger partial charge in [-0.05, 0) is 30.2 Å². The summed E-state index contributed by atoms with van der Waals surface area (Å²) >= 11 is 0. The molecule has 0 radical (unpaired) electrons. The van der Waals surface area contributed by atoms with Gasteiger partial charge in [-0.3, -0.25) is 0 Å². The molecule has 4 heteroatoms. The van der Waals surface area contributed by atoms with Crippen LogP contribution in [0.5, 0.6) is 11.6 Å². The van der Waals surface area contributed by atoms with E-state index < -0.39 is 0 Å². The molecule has 0 spiro atoms. The molecule has 18 heavy (non-hydrogen) atoms. The Morgan fingerprint density at radius 1 is 1.22 bits per heavy atom. The predicted molar refractivity (Wildman–Crippen MR) is 69.3 cm³/mol. The van der Waals surface area contributed by atoms with E-state index in [1.165, 1.54) is 5.56 Å². The van der Waals surface area contributed by atoms with Gasteiger partial charge in [0.2, 0.25) is 5.88 Å². The van der Waals surface area contributed by atoms with Crippen molar-refractivity contribution in [2.45, 2.75) is 13.3 Å². The number of nitrogen functional groups attached to an aromatic ring is 1. The van der Waals surface area contributed by atoms with Gasteiger partial charge < -0.3 is 10.5 Å². The summed E-state index contributed by atoms with van der Waals surface area (Å²) in [6.45, 7) is 2.09. The average molecular weight is 239 g/mol. The number of nitriles is 1. The molecule has 0 aliphatic heterocycles. The van der Waals surface area contributed by atoms with Gasteiger partial charge in [0.1, 0.15) is 11.8 Å². The second-order valence-corrected chi connectivity index (χ2v) is 3.80. The van der Waals surface area contributed by atoms with Crippen molar-refractivity contribution < 1.29 is 4.74 Å². The molecular weight excluding hydrogens is 226 g/mol. The number of aryl methyl sites for hydroxylation is 1. The Labute approximate surface area is 106 Å². The topological polar surface area (TPSA) is 71.9 Å². The van der Waals surface area contributed by atoms with Gasteiger partial charge in [-0.1, -0.05) is 19.1 Å². The zero-order chi connectivity index (χ0) is 13.0. The van der Waals surface area contributed by atoms with Crippen LogP contribution in [0.25, 0.3) is 0 Å². The number of aromatic nitrogens is 1. The highest BCUT2D eigenvalue weighted by Crippen LogP contribution is 2.22. The normalized spacial score (nSPS) is 9.78.